The van der Waals surface area contributed by atoms with Gasteiger partial charge in [0.1, 0.15) is 5.82 Å². The molecule has 6 heteroatoms. The van der Waals surface area contributed by atoms with Crippen molar-refractivity contribution in [3.63, 3.8) is 0 Å². The van der Waals surface area contributed by atoms with Crippen molar-refractivity contribution >= 4 is 11.9 Å². The molecule has 0 aliphatic carbocycles. The summed E-state index contributed by atoms with van der Waals surface area (Å²) in [5.74, 6) is 0.607. The lowest BCUT2D eigenvalue weighted by atomic mass is 9.96. The molecule has 0 N–H and O–H groups in total. The van der Waals surface area contributed by atoms with Crippen LogP contribution in [0.2, 0.25) is 0 Å². The first kappa shape index (κ1) is 19.3. The van der Waals surface area contributed by atoms with Crippen molar-refractivity contribution in [3.05, 3.63) is 42.5 Å². The number of benzene rings is 1. The summed E-state index contributed by atoms with van der Waals surface area (Å²) < 4.78 is 13.1. The molecule has 0 saturated carbocycles. The summed E-state index contributed by atoms with van der Waals surface area (Å²) >= 11 is 0. The molecule has 3 rings (SSSR count). The Bertz CT molecular complexity index is 748. The highest BCUT2D eigenvalue weighted by Crippen LogP contribution is 2.24. The first-order valence-corrected chi connectivity index (χ1v) is 9.66. The number of amides is 1. The molecule has 1 aromatic heterocycles. The number of nitrogens with zero attached hydrogens (tertiary/aromatic N) is 4. The average molecular weight is 370 g/mol. The first-order valence-electron chi connectivity index (χ1n) is 9.66. The Labute approximate surface area is 160 Å². The fourth-order valence-corrected chi connectivity index (χ4v) is 3.45. The van der Waals surface area contributed by atoms with Gasteiger partial charge in [-0.25, -0.2) is 14.4 Å². The molecule has 27 heavy (non-hydrogen) atoms. The minimum absolute atomic E-state index is 0.000909. The Kier molecular flexibility index (Phi) is 6.37. The van der Waals surface area contributed by atoms with Crippen molar-refractivity contribution in [2.45, 2.75) is 32.6 Å². The number of anilines is 1. The van der Waals surface area contributed by atoms with Gasteiger partial charge in [0.2, 0.25) is 11.9 Å². The van der Waals surface area contributed by atoms with Crippen LogP contribution in [0.4, 0.5) is 10.3 Å². The van der Waals surface area contributed by atoms with Crippen molar-refractivity contribution in [3.8, 4) is 11.1 Å². The average Bonchev–Trinajstić information content (AvgIpc) is 2.72. The van der Waals surface area contributed by atoms with Gasteiger partial charge in [-0.3, -0.25) is 4.79 Å². The zero-order valence-corrected chi connectivity index (χ0v) is 16.1. The van der Waals surface area contributed by atoms with E-state index in [9.17, 15) is 9.18 Å². The monoisotopic (exact) mass is 370 g/mol. The summed E-state index contributed by atoms with van der Waals surface area (Å²) in [4.78, 5) is 25.6. The Morgan fingerprint density at radius 2 is 1.93 bits per heavy atom. The van der Waals surface area contributed by atoms with Crippen molar-refractivity contribution < 1.29 is 9.18 Å². The second-order valence-corrected chi connectivity index (χ2v) is 7.18. The van der Waals surface area contributed by atoms with E-state index in [0.717, 1.165) is 49.9 Å². The minimum Gasteiger partial charge on any atom is -0.345 e. The largest absolute Gasteiger partial charge is 0.345 e. The molecule has 0 unspecified atom stereocenters. The highest BCUT2D eigenvalue weighted by atomic mass is 19.1. The number of aromatic nitrogens is 2. The molecule has 5 nitrogen and oxygen atoms in total. The molecule has 0 spiro atoms. The van der Waals surface area contributed by atoms with Gasteiger partial charge < -0.3 is 9.80 Å². The number of halogens is 1. The quantitative estimate of drug-likeness (QED) is 0.777. The summed E-state index contributed by atoms with van der Waals surface area (Å²) in [5.41, 5.74) is 1.73. The second-order valence-electron chi connectivity index (χ2n) is 7.18. The van der Waals surface area contributed by atoms with Crippen molar-refractivity contribution in [2.24, 2.45) is 5.92 Å². The third kappa shape index (κ3) is 4.81. The summed E-state index contributed by atoms with van der Waals surface area (Å²) in [5, 5.41) is 0. The summed E-state index contributed by atoms with van der Waals surface area (Å²) in [6.07, 6.45) is 7.51. The van der Waals surface area contributed by atoms with E-state index in [1.807, 2.05) is 11.9 Å². The van der Waals surface area contributed by atoms with Crippen molar-refractivity contribution in [2.75, 3.05) is 31.6 Å². The highest BCUT2D eigenvalue weighted by molar-refractivity contribution is 5.79. The molecule has 2 aromatic rings. The van der Waals surface area contributed by atoms with Crippen LogP contribution in [0.5, 0.6) is 0 Å². The van der Waals surface area contributed by atoms with Gasteiger partial charge >= 0.3 is 0 Å². The van der Waals surface area contributed by atoms with E-state index in [-0.39, 0.29) is 17.6 Å². The number of carbonyl (C=O) groups excluding carboxylic acids is 1. The van der Waals surface area contributed by atoms with Gasteiger partial charge in [-0.1, -0.05) is 25.5 Å². The maximum Gasteiger partial charge on any atom is 0.227 e. The fraction of sp³-hybridized carbons (Fsp3) is 0.476. The number of piperidine rings is 1. The second kappa shape index (κ2) is 8.93. The van der Waals surface area contributed by atoms with Crippen LogP contribution in [-0.4, -0.2) is 47.5 Å². The Morgan fingerprint density at radius 3 is 2.59 bits per heavy atom. The number of unbranched alkanes of at least 4 members (excludes halogenated alkanes) is 1. The molecular formula is C21H27FN4O. The Balaban J connectivity index is 1.65. The van der Waals surface area contributed by atoms with Crippen LogP contribution in [-0.2, 0) is 4.79 Å². The summed E-state index contributed by atoms with van der Waals surface area (Å²) in [6, 6.07) is 6.29. The van der Waals surface area contributed by atoms with Crippen LogP contribution in [0, 0.1) is 11.7 Å². The van der Waals surface area contributed by atoms with Gasteiger partial charge in [-0.15, -0.1) is 0 Å². The van der Waals surface area contributed by atoms with Gasteiger partial charge in [0.15, 0.2) is 0 Å². The maximum absolute atomic E-state index is 13.1. The normalized spacial score (nSPS) is 17.0. The number of hydrogen-bond donors (Lipinski definition) is 0. The van der Waals surface area contributed by atoms with Gasteiger partial charge in [0.05, 0.1) is 5.92 Å². The maximum atomic E-state index is 13.1. The third-order valence-corrected chi connectivity index (χ3v) is 5.09. The Hall–Kier alpha value is -2.50. The summed E-state index contributed by atoms with van der Waals surface area (Å²) in [7, 11) is 1.89. The molecule has 1 aliphatic heterocycles. The van der Waals surface area contributed by atoms with Gasteiger partial charge in [-0.05, 0) is 37.0 Å². The molecule has 0 radical (unpaired) electrons. The number of rotatable bonds is 6. The van der Waals surface area contributed by atoms with Crippen molar-refractivity contribution in [1.82, 2.24) is 14.9 Å². The number of carbonyl (C=O) groups is 1. The van der Waals surface area contributed by atoms with Crippen LogP contribution in [0.1, 0.15) is 32.6 Å². The molecule has 2 heterocycles. The first-order chi connectivity index (χ1) is 13.1. The molecule has 1 atom stereocenters. The minimum atomic E-state index is -0.260. The molecule has 1 fully saturated rings. The number of hydrogen-bond acceptors (Lipinski definition) is 4. The van der Waals surface area contributed by atoms with Gasteiger partial charge in [-0.2, -0.15) is 0 Å². The van der Waals surface area contributed by atoms with E-state index in [2.05, 4.69) is 21.8 Å². The molecular weight excluding hydrogens is 343 g/mol. The standard InChI is InChI=1S/C21H27FN4O/c1-3-4-11-25(2)20(27)17-6-5-12-26(15-17)21-23-13-18(14-24-21)16-7-9-19(22)10-8-16/h7-10,13-14,17H,3-6,11-12,15H2,1-2H3/t17-/m1/s1. The SMILES string of the molecule is CCCCN(C)C(=O)[C@@H]1CCCN(c2ncc(-c3ccc(F)cc3)cn2)C1. The lowest BCUT2D eigenvalue weighted by Gasteiger charge is -2.34. The van der Waals surface area contributed by atoms with E-state index in [0.29, 0.717) is 12.5 Å². The predicted molar refractivity (Wildman–Crippen MR) is 105 cm³/mol. The van der Waals surface area contributed by atoms with E-state index < -0.39 is 0 Å². The lowest BCUT2D eigenvalue weighted by molar-refractivity contribution is -0.134. The molecule has 1 aromatic carbocycles. The van der Waals surface area contributed by atoms with E-state index in [1.54, 1.807) is 24.5 Å². The molecule has 0 bridgehead atoms. The molecule has 1 amide bonds. The van der Waals surface area contributed by atoms with Crippen molar-refractivity contribution in [1.29, 1.82) is 0 Å². The van der Waals surface area contributed by atoms with E-state index in [4.69, 9.17) is 0 Å². The summed E-state index contributed by atoms with van der Waals surface area (Å²) in [6.45, 7) is 4.46. The van der Waals surface area contributed by atoms with Gasteiger partial charge in [0.25, 0.3) is 0 Å². The zero-order valence-electron chi connectivity index (χ0n) is 16.1. The van der Waals surface area contributed by atoms with Gasteiger partial charge in [0, 0.05) is 44.6 Å². The smallest absolute Gasteiger partial charge is 0.227 e. The Morgan fingerprint density at radius 1 is 1.22 bits per heavy atom. The molecule has 144 valence electrons. The van der Waals surface area contributed by atoms with Crippen LogP contribution < -0.4 is 4.90 Å². The lowest BCUT2D eigenvalue weighted by Crippen LogP contribution is -2.44. The van der Waals surface area contributed by atoms with E-state index in [1.165, 1.54) is 12.1 Å². The molecule has 1 saturated heterocycles. The zero-order chi connectivity index (χ0) is 19.2. The predicted octanol–water partition coefficient (Wildman–Crippen LogP) is 3.76. The fourth-order valence-electron chi connectivity index (χ4n) is 3.45. The molecule has 1 aliphatic rings. The third-order valence-electron chi connectivity index (χ3n) is 5.09. The van der Waals surface area contributed by atoms with Crippen LogP contribution in [0.25, 0.3) is 11.1 Å². The van der Waals surface area contributed by atoms with Crippen LogP contribution in [0.15, 0.2) is 36.7 Å². The highest BCUT2D eigenvalue weighted by Gasteiger charge is 2.28. The van der Waals surface area contributed by atoms with E-state index >= 15 is 0 Å². The van der Waals surface area contributed by atoms with Crippen LogP contribution >= 0.6 is 0 Å². The van der Waals surface area contributed by atoms with Crippen LogP contribution in [0.3, 0.4) is 0 Å². The topological polar surface area (TPSA) is 49.3 Å².